The van der Waals surface area contributed by atoms with Gasteiger partial charge in [0.25, 0.3) is 0 Å². The Morgan fingerprint density at radius 2 is 1.29 bits per heavy atom. The number of carbonyl (C=O) groups excluding carboxylic acids is 1. The van der Waals surface area contributed by atoms with Crippen molar-refractivity contribution < 1.29 is 14.6 Å². The maximum atomic E-state index is 11.0. The van der Waals surface area contributed by atoms with Crippen molar-refractivity contribution in [3.05, 3.63) is 60.8 Å². The van der Waals surface area contributed by atoms with Crippen molar-refractivity contribution >= 4 is 5.97 Å². The van der Waals surface area contributed by atoms with E-state index in [1.54, 1.807) is 12.2 Å². The molecule has 0 amide bonds. The molecule has 0 saturated heterocycles. The number of allylic oxidation sites excluding steroid dienone is 8. The highest BCUT2D eigenvalue weighted by Crippen LogP contribution is 2.13. The zero-order valence-electron chi connectivity index (χ0n) is 24.5. The second-order valence-electron chi connectivity index (χ2n) is 9.81. The zero-order valence-corrected chi connectivity index (χ0v) is 24.5. The van der Waals surface area contributed by atoms with Crippen LogP contribution in [-0.2, 0) is 9.53 Å². The lowest BCUT2D eigenvalue weighted by Crippen LogP contribution is -1.99. The lowest BCUT2D eigenvalue weighted by atomic mass is 10.0. The van der Waals surface area contributed by atoms with Crippen LogP contribution >= 0.6 is 0 Å². The van der Waals surface area contributed by atoms with Crippen LogP contribution in [0.4, 0.5) is 0 Å². The first-order valence-corrected chi connectivity index (χ1v) is 15.2. The number of ether oxygens (including phenoxy) is 1. The molecule has 0 aliphatic carbocycles. The van der Waals surface area contributed by atoms with Gasteiger partial charge in [-0.3, -0.25) is 4.79 Å². The predicted octanol–water partition coefficient (Wildman–Crippen LogP) is 9.74. The van der Waals surface area contributed by atoms with Crippen LogP contribution in [-0.4, -0.2) is 24.3 Å². The maximum Gasteiger partial charge on any atom is 0.305 e. The number of esters is 1. The Morgan fingerprint density at radius 1 is 0.737 bits per heavy atom. The average molecular weight is 525 g/mol. The minimum Gasteiger partial charge on any atom is -0.469 e. The average Bonchev–Trinajstić information content (AvgIpc) is 2.92. The molecule has 0 aromatic rings. The predicted molar refractivity (Wildman–Crippen MR) is 165 cm³/mol. The third-order valence-corrected chi connectivity index (χ3v) is 6.28. The maximum absolute atomic E-state index is 11.0. The Labute approximate surface area is 235 Å². The van der Waals surface area contributed by atoms with Gasteiger partial charge in [-0.05, 0) is 57.1 Å². The molecule has 214 valence electrons. The van der Waals surface area contributed by atoms with Crippen LogP contribution in [0.25, 0.3) is 0 Å². The van der Waals surface area contributed by atoms with Gasteiger partial charge in [-0.15, -0.1) is 0 Å². The van der Waals surface area contributed by atoms with Gasteiger partial charge in [-0.25, -0.2) is 0 Å². The van der Waals surface area contributed by atoms with Crippen LogP contribution in [0, 0.1) is 11.8 Å². The minimum atomic E-state index is -0.443. The van der Waals surface area contributed by atoms with Gasteiger partial charge < -0.3 is 9.84 Å². The van der Waals surface area contributed by atoms with Gasteiger partial charge >= 0.3 is 5.97 Å². The molecule has 0 rings (SSSR count). The van der Waals surface area contributed by atoms with Gasteiger partial charge in [0, 0.05) is 12.8 Å². The summed E-state index contributed by atoms with van der Waals surface area (Å²) in [4.78, 5) is 11.0. The van der Waals surface area contributed by atoms with Crippen molar-refractivity contribution in [2.45, 2.75) is 135 Å². The lowest BCUT2D eigenvalue weighted by Gasteiger charge is -2.03. The zero-order chi connectivity index (χ0) is 27.8. The van der Waals surface area contributed by atoms with Crippen LogP contribution in [0.2, 0.25) is 0 Å². The summed E-state index contributed by atoms with van der Waals surface area (Å²) < 4.78 is 4.66. The Morgan fingerprint density at radius 3 is 1.89 bits per heavy atom. The molecule has 3 nitrogen and oxygen atoms in total. The lowest BCUT2D eigenvalue weighted by molar-refractivity contribution is -0.140. The van der Waals surface area contributed by atoms with Crippen molar-refractivity contribution in [2.24, 2.45) is 0 Å². The third-order valence-electron chi connectivity index (χ3n) is 6.28. The fourth-order valence-corrected chi connectivity index (χ4v) is 3.96. The van der Waals surface area contributed by atoms with E-state index in [9.17, 15) is 9.90 Å². The van der Waals surface area contributed by atoms with Gasteiger partial charge in [0.05, 0.1) is 13.2 Å². The molecule has 0 fully saturated rings. The summed E-state index contributed by atoms with van der Waals surface area (Å²) in [5, 5.41) is 9.74. The van der Waals surface area contributed by atoms with Crippen molar-refractivity contribution in [1.29, 1.82) is 0 Å². The highest BCUT2D eigenvalue weighted by atomic mass is 16.5. The van der Waals surface area contributed by atoms with E-state index in [4.69, 9.17) is 0 Å². The molecule has 0 bridgehead atoms. The van der Waals surface area contributed by atoms with E-state index in [0.29, 0.717) is 12.8 Å². The fraction of sp³-hybridized carbons (Fsp3) is 0.629. The van der Waals surface area contributed by atoms with E-state index in [-0.39, 0.29) is 5.97 Å². The van der Waals surface area contributed by atoms with E-state index in [1.165, 1.54) is 77.7 Å². The van der Waals surface area contributed by atoms with Crippen LogP contribution < -0.4 is 0 Å². The van der Waals surface area contributed by atoms with Crippen LogP contribution in [0.1, 0.15) is 129 Å². The van der Waals surface area contributed by atoms with Crippen molar-refractivity contribution in [3.8, 4) is 11.8 Å². The highest BCUT2D eigenvalue weighted by molar-refractivity contribution is 5.68. The van der Waals surface area contributed by atoms with Gasteiger partial charge in [0.1, 0.15) is 0 Å². The summed E-state index contributed by atoms with van der Waals surface area (Å²) in [6.07, 6.45) is 42.0. The van der Waals surface area contributed by atoms with Gasteiger partial charge in [0.2, 0.25) is 0 Å². The normalized spacial score (nSPS) is 12.8. The number of hydrogen-bond acceptors (Lipinski definition) is 3. The van der Waals surface area contributed by atoms with Gasteiger partial charge in [0.15, 0.2) is 0 Å². The summed E-state index contributed by atoms with van der Waals surface area (Å²) in [5.74, 6) is 5.97. The Balaban J connectivity index is 3.42. The molecule has 3 heteroatoms. The molecule has 0 aliphatic rings. The number of hydrogen-bond donors (Lipinski definition) is 1. The quantitative estimate of drug-likeness (QED) is 0.0591. The Hall–Kier alpha value is -2.31. The monoisotopic (exact) mass is 524 g/mol. The summed E-state index contributed by atoms with van der Waals surface area (Å²) in [6, 6.07) is 0. The first kappa shape index (κ1) is 35.7. The molecule has 0 aromatic heterocycles. The molecule has 0 spiro atoms. The molecule has 0 aliphatic heterocycles. The second-order valence-corrected chi connectivity index (χ2v) is 9.81. The van der Waals surface area contributed by atoms with Gasteiger partial charge in [-0.1, -0.05) is 132 Å². The number of rotatable bonds is 24. The van der Waals surface area contributed by atoms with Crippen LogP contribution in [0.15, 0.2) is 60.8 Å². The number of methoxy groups -OCH3 is 1. The van der Waals surface area contributed by atoms with E-state index in [0.717, 1.165) is 38.5 Å². The molecule has 0 radical (unpaired) electrons. The van der Waals surface area contributed by atoms with Crippen molar-refractivity contribution in [2.75, 3.05) is 7.11 Å². The number of unbranched alkanes of at least 4 members (excludes halogenated alkanes) is 12. The summed E-state index contributed by atoms with van der Waals surface area (Å²) in [7, 11) is 1.46. The standard InChI is InChI=1S/C35H56O3/c1-3-4-28-31-34(36)32-29-26-24-22-20-18-16-14-12-10-8-6-5-7-9-11-13-15-17-19-21-23-25-27-30-33-35(37)38-2/h4,6,8,12,14,18,20,28-29,32,34,36H,3,5,7,9-11,13,15-17,19,21-23,25,27,30-31,33H2,1-2H3/b8-6-,14-12-,20-18-,28-4-,32-29?/t34-/m0/s1. The van der Waals surface area contributed by atoms with E-state index >= 15 is 0 Å². The molecule has 1 atom stereocenters. The van der Waals surface area contributed by atoms with Gasteiger partial charge in [-0.2, -0.15) is 0 Å². The molecule has 38 heavy (non-hydrogen) atoms. The van der Waals surface area contributed by atoms with Crippen LogP contribution in [0.5, 0.6) is 0 Å². The summed E-state index contributed by atoms with van der Waals surface area (Å²) in [6.45, 7) is 2.08. The first-order chi connectivity index (χ1) is 18.7. The summed E-state index contributed by atoms with van der Waals surface area (Å²) >= 11 is 0. The van der Waals surface area contributed by atoms with E-state index in [2.05, 4.69) is 66.0 Å². The van der Waals surface area contributed by atoms with E-state index in [1.807, 2.05) is 6.08 Å². The molecule has 0 aromatic carbocycles. The third kappa shape index (κ3) is 29.9. The Kier molecular flexibility index (Phi) is 29.0. The van der Waals surface area contributed by atoms with Crippen molar-refractivity contribution in [3.63, 3.8) is 0 Å². The molecule has 0 heterocycles. The largest absolute Gasteiger partial charge is 0.469 e. The SMILES string of the molecule is CC/C=C\C[C@H](O)C=CC#CC/C=C\C/C=C\C/C=C\CCCCCCCCCCCCCCC(=O)OC. The number of carbonyl (C=O) groups is 1. The number of aliphatic hydroxyl groups is 1. The molecule has 1 N–H and O–H groups in total. The highest BCUT2D eigenvalue weighted by Gasteiger charge is 1.99. The molecular weight excluding hydrogens is 468 g/mol. The number of aliphatic hydroxyl groups excluding tert-OH is 1. The molecule has 0 saturated carbocycles. The van der Waals surface area contributed by atoms with Crippen LogP contribution in [0.3, 0.4) is 0 Å². The fourth-order valence-electron chi connectivity index (χ4n) is 3.96. The smallest absolute Gasteiger partial charge is 0.305 e. The topological polar surface area (TPSA) is 46.5 Å². The first-order valence-electron chi connectivity index (χ1n) is 15.2. The Bertz CT molecular complexity index is 730. The molecule has 0 unspecified atom stereocenters. The van der Waals surface area contributed by atoms with Crippen molar-refractivity contribution in [1.82, 2.24) is 0 Å². The molecular formula is C35H56O3. The second kappa shape index (κ2) is 30.9. The van der Waals surface area contributed by atoms with E-state index < -0.39 is 6.10 Å². The minimum absolute atomic E-state index is 0.0781. The summed E-state index contributed by atoms with van der Waals surface area (Å²) in [5.41, 5.74) is 0.